The molecule has 104 valence electrons. The van der Waals surface area contributed by atoms with E-state index in [1.165, 1.54) is 0 Å². The van der Waals surface area contributed by atoms with Gasteiger partial charge in [0.15, 0.2) is 0 Å². The van der Waals surface area contributed by atoms with Crippen molar-refractivity contribution >= 4 is 33.4 Å². The lowest BCUT2D eigenvalue weighted by molar-refractivity contribution is 0.0747. The van der Waals surface area contributed by atoms with Crippen molar-refractivity contribution in [2.24, 2.45) is 0 Å². The maximum Gasteiger partial charge on any atom is 0.273 e. The number of aromatic nitrogens is 1. The van der Waals surface area contributed by atoms with Crippen molar-refractivity contribution in [1.29, 1.82) is 0 Å². The van der Waals surface area contributed by atoms with Crippen LogP contribution in [0.15, 0.2) is 53.1 Å². The topological polar surface area (TPSA) is 33.2 Å². The first kappa shape index (κ1) is 15.0. The van der Waals surface area contributed by atoms with Crippen molar-refractivity contribution in [3.05, 3.63) is 64.4 Å². The minimum absolute atomic E-state index is 0.123. The molecule has 5 heteroatoms. The second-order valence-corrected chi connectivity index (χ2v) is 5.47. The van der Waals surface area contributed by atoms with Gasteiger partial charge in [0.25, 0.3) is 5.91 Å². The predicted molar refractivity (Wildman–Crippen MR) is 83.8 cm³/mol. The van der Waals surface area contributed by atoms with E-state index in [1.54, 1.807) is 17.2 Å². The number of hydrogen-bond acceptors (Lipinski definition) is 2. The third-order valence-corrected chi connectivity index (χ3v) is 3.63. The number of pyridine rings is 1. The van der Waals surface area contributed by atoms with Crippen LogP contribution in [-0.2, 0) is 6.54 Å². The third kappa shape index (κ3) is 3.81. The van der Waals surface area contributed by atoms with Crippen molar-refractivity contribution in [3.8, 4) is 0 Å². The first-order chi connectivity index (χ1) is 9.72. The Kier molecular flexibility index (Phi) is 5.56. The van der Waals surface area contributed by atoms with Gasteiger partial charge in [-0.15, -0.1) is 11.6 Å². The molecule has 3 nitrogen and oxygen atoms in total. The summed E-state index contributed by atoms with van der Waals surface area (Å²) in [5.41, 5.74) is 1.48. The van der Waals surface area contributed by atoms with Crippen LogP contribution in [0, 0.1) is 0 Å². The molecule has 0 atom stereocenters. The van der Waals surface area contributed by atoms with Crippen LogP contribution in [0.3, 0.4) is 0 Å². The van der Waals surface area contributed by atoms with Crippen LogP contribution in [0.1, 0.15) is 16.1 Å². The normalized spacial score (nSPS) is 10.3. The Morgan fingerprint density at radius 1 is 1.20 bits per heavy atom. The van der Waals surface area contributed by atoms with Crippen molar-refractivity contribution in [2.75, 3.05) is 12.4 Å². The zero-order chi connectivity index (χ0) is 14.4. The number of hydrogen-bond donors (Lipinski definition) is 0. The van der Waals surface area contributed by atoms with E-state index < -0.39 is 0 Å². The molecule has 1 aromatic heterocycles. The molecule has 0 spiro atoms. The molecule has 0 N–H and O–H groups in total. The molecular formula is C15H14BrClN2O. The van der Waals surface area contributed by atoms with Gasteiger partial charge in [-0.3, -0.25) is 4.79 Å². The highest BCUT2D eigenvalue weighted by molar-refractivity contribution is 9.10. The fraction of sp³-hybridized carbons (Fsp3) is 0.200. The van der Waals surface area contributed by atoms with Crippen LogP contribution in [0.4, 0.5) is 0 Å². The van der Waals surface area contributed by atoms with Gasteiger partial charge in [-0.2, -0.15) is 0 Å². The van der Waals surface area contributed by atoms with Crippen LogP contribution in [0.2, 0.25) is 0 Å². The number of carbonyl (C=O) groups excluding carboxylic acids is 1. The summed E-state index contributed by atoms with van der Waals surface area (Å²) in [6.45, 7) is 1.01. The molecular weight excluding hydrogens is 340 g/mol. The Hall–Kier alpha value is -1.39. The molecule has 2 aromatic rings. The van der Waals surface area contributed by atoms with E-state index in [1.807, 2.05) is 36.4 Å². The fourth-order valence-electron chi connectivity index (χ4n) is 1.85. The molecule has 0 unspecified atom stereocenters. The Balaban J connectivity index is 2.20. The number of benzene rings is 1. The van der Waals surface area contributed by atoms with Crippen molar-refractivity contribution in [3.63, 3.8) is 0 Å². The van der Waals surface area contributed by atoms with E-state index in [0.717, 1.165) is 5.56 Å². The number of amides is 1. The molecule has 20 heavy (non-hydrogen) atoms. The van der Waals surface area contributed by atoms with E-state index in [9.17, 15) is 4.79 Å². The Morgan fingerprint density at radius 2 is 1.95 bits per heavy atom. The smallest absolute Gasteiger partial charge is 0.273 e. The second-order valence-electron chi connectivity index (χ2n) is 4.24. The van der Waals surface area contributed by atoms with E-state index in [0.29, 0.717) is 29.1 Å². The molecule has 1 heterocycles. The van der Waals surface area contributed by atoms with E-state index >= 15 is 0 Å². The lowest BCUT2D eigenvalue weighted by Gasteiger charge is -2.21. The summed E-state index contributed by atoms with van der Waals surface area (Å²) >= 11 is 9.17. The van der Waals surface area contributed by atoms with E-state index in [2.05, 4.69) is 20.9 Å². The maximum absolute atomic E-state index is 12.5. The molecule has 0 aliphatic carbocycles. The second kappa shape index (κ2) is 7.41. The monoisotopic (exact) mass is 352 g/mol. The lowest BCUT2D eigenvalue weighted by Crippen LogP contribution is -2.33. The molecule has 0 saturated carbocycles. The van der Waals surface area contributed by atoms with Crippen LogP contribution < -0.4 is 0 Å². The van der Waals surface area contributed by atoms with Gasteiger partial charge in [-0.1, -0.05) is 30.3 Å². The van der Waals surface area contributed by atoms with Crippen molar-refractivity contribution < 1.29 is 4.79 Å². The number of rotatable bonds is 5. The molecule has 0 aliphatic heterocycles. The molecule has 1 aromatic carbocycles. The fourth-order valence-corrected chi connectivity index (χ4v) is 2.48. The zero-order valence-corrected chi connectivity index (χ0v) is 13.1. The number of carbonyl (C=O) groups is 1. The quantitative estimate of drug-likeness (QED) is 0.768. The summed E-state index contributed by atoms with van der Waals surface area (Å²) in [6.07, 6.45) is 1.61. The molecule has 0 aliphatic rings. The van der Waals surface area contributed by atoms with E-state index in [-0.39, 0.29) is 5.91 Å². The highest BCUT2D eigenvalue weighted by Gasteiger charge is 2.19. The third-order valence-electron chi connectivity index (χ3n) is 2.82. The summed E-state index contributed by atoms with van der Waals surface area (Å²) in [7, 11) is 0. The standard InChI is InChI=1S/C15H14BrClN2O/c16-13-7-4-9-18-14(13)15(20)19(10-8-17)11-12-5-2-1-3-6-12/h1-7,9H,8,10-11H2. The number of halogens is 2. The molecule has 2 rings (SSSR count). The highest BCUT2D eigenvalue weighted by Crippen LogP contribution is 2.17. The summed E-state index contributed by atoms with van der Waals surface area (Å²) in [5, 5.41) is 0. The number of alkyl halides is 1. The van der Waals surface area contributed by atoms with Gasteiger partial charge < -0.3 is 4.90 Å². The van der Waals surface area contributed by atoms with Gasteiger partial charge in [-0.25, -0.2) is 4.98 Å². The van der Waals surface area contributed by atoms with Crippen molar-refractivity contribution in [2.45, 2.75) is 6.54 Å². The minimum Gasteiger partial charge on any atom is -0.332 e. The summed E-state index contributed by atoms with van der Waals surface area (Å²) in [4.78, 5) is 18.4. The Morgan fingerprint density at radius 3 is 2.60 bits per heavy atom. The van der Waals surface area contributed by atoms with Crippen molar-refractivity contribution in [1.82, 2.24) is 9.88 Å². The van der Waals surface area contributed by atoms with Gasteiger partial charge in [0.1, 0.15) is 5.69 Å². The van der Waals surface area contributed by atoms with Crippen LogP contribution >= 0.6 is 27.5 Å². The zero-order valence-electron chi connectivity index (χ0n) is 10.8. The highest BCUT2D eigenvalue weighted by atomic mass is 79.9. The van der Waals surface area contributed by atoms with Gasteiger partial charge >= 0.3 is 0 Å². The molecule has 0 fully saturated rings. The van der Waals surface area contributed by atoms with Gasteiger partial charge in [-0.05, 0) is 33.6 Å². The summed E-state index contributed by atoms with van der Waals surface area (Å²) in [6, 6.07) is 13.4. The first-order valence-corrected chi connectivity index (χ1v) is 7.55. The van der Waals surface area contributed by atoms with Crippen LogP contribution in [0.5, 0.6) is 0 Å². The average molecular weight is 354 g/mol. The van der Waals surface area contributed by atoms with E-state index in [4.69, 9.17) is 11.6 Å². The lowest BCUT2D eigenvalue weighted by atomic mass is 10.2. The molecule has 1 amide bonds. The Labute approximate surface area is 131 Å². The van der Waals surface area contributed by atoms with Gasteiger partial charge in [0, 0.05) is 29.6 Å². The van der Waals surface area contributed by atoms with Crippen LogP contribution in [0.25, 0.3) is 0 Å². The SMILES string of the molecule is O=C(c1ncccc1Br)N(CCCl)Cc1ccccc1. The molecule has 0 bridgehead atoms. The summed E-state index contributed by atoms with van der Waals surface area (Å²) in [5.74, 6) is 0.269. The first-order valence-electron chi connectivity index (χ1n) is 6.22. The predicted octanol–water partition coefficient (Wildman–Crippen LogP) is 3.73. The molecule has 0 saturated heterocycles. The summed E-state index contributed by atoms with van der Waals surface area (Å²) < 4.78 is 0.692. The van der Waals surface area contributed by atoms with Gasteiger partial charge in [0.2, 0.25) is 0 Å². The maximum atomic E-state index is 12.5. The molecule has 0 radical (unpaired) electrons. The van der Waals surface area contributed by atoms with Crippen LogP contribution in [-0.4, -0.2) is 28.2 Å². The average Bonchev–Trinajstić information content (AvgIpc) is 2.48. The minimum atomic E-state index is -0.123. The largest absolute Gasteiger partial charge is 0.332 e. The van der Waals surface area contributed by atoms with Gasteiger partial charge in [0.05, 0.1) is 0 Å². The number of nitrogens with zero attached hydrogens (tertiary/aromatic N) is 2. The Bertz CT molecular complexity index is 577.